The Balaban J connectivity index is 2.33. The summed E-state index contributed by atoms with van der Waals surface area (Å²) in [5.41, 5.74) is 0.383. The average Bonchev–Trinajstić information content (AvgIpc) is 2.31. The van der Waals surface area contributed by atoms with Crippen LogP contribution in [0.2, 0.25) is 0 Å². The van der Waals surface area contributed by atoms with Crippen LogP contribution in [0.15, 0.2) is 0 Å². The second-order valence-electron chi connectivity index (χ2n) is 5.59. The van der Waals surface area contributed by atoms with Crippen molar-refractivity contribution in [2.24, 2.45) is 11.3 Å². The number of nitrogens with zero attached hydrogens (tertiary/aromatic N) is 1. The van der Waals surface area contributed by atoms with Crippen LogP contribution in [0, 0.1) is 11.3 Å². The molecule has 1 rings (SSSR count). The van der Waals surface area contributed by atoms with Crippen molar-refractivity contribution in [2.45, 2.75) is 40.2 Å². The summed E-state index contributed by atoms with van der Waals surface area (Å²) in [6.07, 6.45) is 1.03. The molecule has 0 saturated carbocycles. The molecule has 1 aliphatic rings. The molecule has 0 aliphatic carbocycles. The zero-order chi connectivity index (χ0) is 10.1. The van der Waals surface area contributed by atoms with Gasteiger partial charge in [-0.15, -0.1) is 0 Å². The van der Waals surface area contributed by atoms with E-state index in [-0.39, 0.29) is 6.10 Å². The van der Waals surface area contributed by atoms with Crippen molar-refractivity contribution >= 4 is 0 Å². The van der Waals surface area contributed by atoms with E-state index in [9.17, 15) is 5.11 Å². The van der Waals surface area contributed by atoms with Gasteiger partial charge in [-0.05, 0) is 31.2 Å². The summed E-state index contributed by atoms with van der Waals surface area (Å²) < 4.78 is 0. The molecule has 0 amide bonds. The monoisotopic (exact) mass is 185 g/mol. The van der Waals surface area contributed by atoms with E-state index in [1.165, 1.54) is 0 Å². The van der Waals surface area contributed by atoms with Crippen LogP contribution in [-0.2, 0) is 0 Å². The van der Waals surface area contributed by atoms with Crippen LogP contribution < -0.4 is 0 Å². The van der Waals surface area contributed by atoms with Gasteiger partial charge in [0, 0.05) is 13.1 Å². The molecular weight excluding hydrogens is 162 g/mol. The minimum atomic E-state index is -0.134. The van der Waals surface area contributed by atoms with Crippen molar-refractivity contribution < 1.29 is 5.11 Å². The van der Waals surface area contributed by atoms with Gasteiger partial charge in [0.25, 0.3) is 0 Å². The minimum Gasteiger partial charge on any atom is -0.393 e. The van der Waals surface area contributed by atoms with E-state index in [1.54, 1.807) is 0 Å². The van der Waals surface area contributed by atoms with E-state index in [2.05, 4.69) is 25.7 Å². The first kappa shape index (κ1) is 11.0. The smallest absolute Gasteiger partial charge is 0.0552 e. The fraction of sp³-hybridized carbons (Fsp3) is 1.00. The molecule has 0 spiro atoms. The highest BCUT2D eigenvalue weighted by molar-refractivity contribution is 4.81. The minimum absolute atomic E-state index is 0.134. The van der Waals surface area contributed by atoms with E-state index >= 15 is 0 Å². The molecule has 13 heavy (non-hydrogen) atoms. The average molecular weight is 185 g/mol. The third kappa shape index (κ3) is 3.65. The van der Waals surface area contributed by atoms with Crippen molar-refractivity contribution in [1.82, 2.24) is 4.90 Å². The molecule has 1 saturated heterocycles. The number of rotatable bonds is 2. The fourth-order valence-corrected chi connectivity index (χ4v) is 2.07. The van der Waals surface area contributed by atoms with Crippen LogP contribution in [0.5, 0.6) is 0 Å². The number of hydrogen-bond donors (Lipinski definition) is 1. The van der Waals surface area contributed by atoms with Gasteiger partial charge in [-0.1, -0.05) is 20.8 Å². The summed E-state index contributed by atoms with van der Waals surface area (Å²) in [5, 5.41) is 9.44. The molecule has 0 aromatic rings. The van der Waals surface area contributed by atoms with Crippen LogP contribution in [0.4, 0.5) is 0 Å². The third-order valence-corrected chi connectivity index (χ3v) is 2.69. The molecule has 2 heteroatoms. The Hall–Kier alpha value is -0.0800. The number of hydrogen-bond acceptors (Lipinski definition) is 2. The molecule has 1 fully saturated rings. The van der Waals surface area contributed by atoms with Gasteiger partial charge >= 0.3 is 0 Å². The molecule has 2 unspecified atom stereocenters. The van der Waals surface area contributed by atoms with Crippen molar-refractivity contribution in [3.63, 3.8) is 0 Å². The summed E-state index contributed by atoms with van der Waals surface area (Å²) in [4.78, 5) is 2.47. The van der Waals surface area contributed by atoms with Gasteiger partial charge in [0.05, 0.1) is 6.10 Å². The van der Waals surface area contributed by atoms with Gasteiger partial charge < -0.3 is 10.0 Å². The van der Waals surface area contributed by atoms with Gasteiger partial charge in [-0.3, -0.25) is 0 Å². The molecule has 0 aromatic carbocycles. The zero-order valence-corrected chi connectivity index (χ0v) is 9.38. The molecular formula is C11H23NO. The van der Waals surface area contributed by atoms with E-state index in [1.807, 2.05) is 6.92 Å². The first-order valence-electron chi connectivity index (χ1n) is 5.29. The van der Waals surface area contributed by atoms with Crippen molar-refractivity contribution in [3.8, 4) is 0 Å². The van der Waals surface area contributed by atoms with Gasteiger partial charge in [0.2, 0.25) is 0 Å². The summed E-state index contributed by atoms with van der Waals surface area (Å²) in [6.45, 7) is 12.1. The van der Waals surface area contributed by atoms with Crippen molar-refractivity contribution in [3.05, 3.63) is 0 Å². The normalized spacial score (nSPS) is 27.9. The molecule has 0 bridgehead atoms. The summed E-state index contributed by atoms with van der Waals surface area (Å²) in [7, 11) is 0. The topological polar surface area (TPSA) is 23.5 Å². The molecule has 1 aliphatic heterocycles. The van der Waals surface area contributed by atoms with Gasteiger partial charge in [-0.2, -0.15) is 0 Å². The quantitative estimate of drug-likeness (QED) is 0.708. The molecule has 0 radical (unpaired) electrons. The molecule has 78 valence electrons. The Morgan fingerprint density at radius 2 is 2.08 bits per heavy atom. The maximum Gasteiger partial charge on any atom is 0.0552 e. The highest BCUT2D eigenvalue weighted by Crippen LogP contribution is 2.23. The lowest BCUT2D eigenvalue weighted by Gasteiger charge is -2.26. The SMILES string of the molecule is CC(O)C1CCN(CC(C)(C)C)C1. The van der Waals surface area contributed by atoms with Crippen LogP contribution in [0.3, 0.4) is 0 Å². The molecule has 0 aromatic heterocycles. The predicted molar refractivity (Wildman–Crippen MR) is 55.7 cm³/mol. The van der Waals surface area contributed by atoms with Gasteiger partial charge in [-0.25, -0.2) is 0 Å². The van der Waals surface area contributed by atoms with Crippen LogP contribution >= 0.6 is 0 Å². The second kappa shape index (κ2) is 3.97. The van der Waals surface area contributed by atoms with E-state index in [0.29, 0.717) is 11.3 Å². The summed E-state index contributed by atoms with van der Waals surface area (Å²) in [5.74, 6) is 0.502. The lowest BCUT2D eigenvalue weighted by Crippen LogP contribution is -2.32. The second-order valence-corrected chi connectivity index (χ2v) is 5.59. The zero-order valence-electron chi connectivity index (χ0n) is 9.38. The highest BCUT2D eigenvalue weighted by atomic mass is 16.3. The van der Waals surface area contributed by atoms with Gasteiger partial charge in [0.15, 0.2) is 0 Å². The van der Waals surface area contributed by atoms with Gasteiger partial charge in [0.1, 0.15) is 0 Å². The molecule has 1 heterocycles. The van der Waals surface area contributed by atoms with Crippen LogP contribution in [0.25, 0.3) is 0 Å². The summed E-state index contributed by atoms with van der Waals surface area (Å²) >= 11 is 0. The van der Waals surface area contributed by atoms with E-state index in [0.717, 1.165) is 26.1 Å². The predicted octanol–water partition coefficient (Wildman–Crippen LogP) is 1.74. The maximum atomic E-state index is 9.44. The molecule has 2 nitrogen and oxygen atoms in total. The molecule has 1 N–H and O–H groups in total. The van der Waals surface area contributed by atoms with E-state index in [4.69, 9.17) is 0 Å². The number of aliphatic hydroxyl groups is 1. The maximum absolute atomic E-state index is 9.44. The Morgan fingerprint density at radius 3 is 2.46 bits per heavy atom. The Kier molecular flexibility index (Phi) is 3.36. The lowest BCUT2D eigenvalue weighted by molar-refractivity contribution is 0.123. The highest BCUT2D eigenvalue weighted by Gasteiger charge is 2.28. The van der Waals surface area contributed by atoms with Crippen molar-refractivity contribution in [1.29, 1.82) is 0 Å². The lowest BCUT2D eigenvalue weighted by atomic mass is 9.96. The third-order valence-electron chi connectivity index (χ3n) is 2.69. The van der Waals surface area contributed by atoms with Crippen LogP contribution in [0.1, 0.15) is 34.1 Å². The fourth-order valence-electron chi connectivity index (χ4n) is 2.07. The number of likely N-dealkylation sites (tertiary alicyclic amines) is 1. The summed E-state index contributed by atoms with van der Waals surface area (Å²) in [6, 6.07) is 0. The Labute approximate surface area is 81.9 Å². The Morgan fingerprint density at radius 1 is 1.46 bits per heavy atom. The van der Waals surface area contributed by atoms with Crippen molar-refractivity contribution in [2.75, 3.05) is 19.6 Å². The molecule has 2 atom stereocenters. The number of aliphatic hydroxyl groups excluding tert-OH is 1. The Bertz CT molecular complexity index is 160. The first-order chi connectivity index (χ1) is 5.88. The largest absolute Gasteiger partial charge is 0.393 e. The van der Waals surface area contributed by atoms with E-state index < -0.39 is 0 Å². The first-order valence-corrected chi connectivity index (χ1v) is 5.29. The standard InChI is InChI=1S/C11H23NO/c1-9(13)10-5-6-12(7-10)8-11(2,3)4/h9-10,13H,5-8H2,1-4H3. The van der Waals surface area contributed by atoms with Crippen LogP contribution in [-0.4, -0.2) is 35.7 Å².